The Kier molecular flexibility index (Phi) is 6.15. The molecular formula is C14H23N3O2. The second kappa shape index (κ2) is 7.63. The molecule has 1 aromatic rings. The van der Waals surface area contributed by atoms with Crippen molar-refractivity contribution in [3.8, 4) is 5.75 Å². The van der Waals surface area contributed by atoms with Crippen molar-refractivity contribution in [1.29, 1.82) is 0 Å². The molecule has 2 N–H and O–H groups in total. The van der Waals surface area contributed by atoms with Crippen molar-refractivity contribution < 1.29 is 9.53 Å². The monoisotopic (exact) mass is 265 g/mol. The Morgan fingerprint density at radius 2 is 2.00 bits per heavy atom. The van der Waals surface area contributed by atoms with E-state index in [-0.39, 0.29) is 12.1 Å². The molecule has 0 spiro atoms. The zero-order chi connectivity index (χ0) is 14.3. The highest BCUT2D eigenvalue weighted by Crippen LogP contribution is 2.23. The van der Waals surface area contributed by atoms with Crippen LogP contribution in [0.15, 0.2) is 24.3 Å². The van der Waals surface area contributed by atoms with Crippen molar-refractivity contribution >= 4 is 6.03 Å². The molecule has 0 aromatic heterocycles. The van der Waals surface area contributed by atoms with Crippen LogP contribution in [0.1, 0.15) is 18.5 Å². The third kappa shape index (κ3) is 4.79. The molecule has 1 aromatic carbocycles. The van der Waals surface area contributed by atoms with E-state index in [1.807, 2.05) is 24.3 Å². The molecular weight excluding hydrogens is 242 g/mol. The smallest absolute Gasteiger partial charge is 0.316 e. The third-order valence-electron chi connectivity index (χ3n) is 2.86. The van der Waals surface area contributed by atoms with E-state index in [9.17, 15) is 4.79 Å². The summed E-state index contributed by atoms with van der Waals surface area (Å²) >= 11 is 0. The number of carbonyl (C=O) groups excluding carboxylic acids is 1. The number of hydrogen-bond acceptors (Lipinski definition) is 3. The molecule has 5 nitrogen and oxygen atoms in total. The van der Waals surface area contributed by atoms with Crippen LogP contribution in [0.4, 0.5) is 4.79 Å². The van der Waals surface area contributed by atoms with Gasteiger partial charge in [-0.05, 0) is 13.0 Å². The van der Waals surface area contributed by atoms with Gasteiger partial charge in [0.1, 0.15) is 5.75 Å². The van der Waals surface area contributed by atoms with E-state index in [1.165, 1.54) is 4.90 Å². The fourth-order valence-corrected chi connectivity index (χ4v) is 1.75. The SMILES string of the molecule is COc1ccccc1C(C)NCCNC(=O)N(C)C. The summed E-state index contributed by atoms with van der Waals surface area (Å²) in [4.78, 5) is 12.8. The van der Waals surface area contributed by atoms with Crippen LogP contribution in [-0.4, -0.2) is 45.2 Å². The van der Waals surface area contributed by atoms with Crippen molar-refractivity contribution in [2.24, 2.45) is 0 Å². The largest absolute Gasteiger partial charge is 0.496 e. The minimum absolute atomic E-state index is 0.0771. The van der Waals surface area contributed by atoms with Gasteiger partial charge in [0.15, 0.2) is 0 Å². The number of benzene rings is 1. The first-order chi connectivity index (χ1) is 9.06. The average molecular weight is 265 g/mol. The second-order valence-electron chi connectivity index (χ2n) is 4.54. The number of urea groups is 1. The van der Waals surface area contributed by atoms with E-state index in [2.05, 4.69) is 17.6 Å². The lowest BCUT2D eigenvalue weighted by Crippen LogP contribution is -2.38. The van der Waals surface area contributed by atoms with E-state index in [0.717, 1.165) is 11.3 Å². The van der Waals surface area contributed by atoms with E-state index >= 15 is 0 Å². The van der Waals surface area contributed by atoms with Crippen LogP contribution in [0, 0.1) is 0 Å². The number of methoxy groups -OCH3 is 1. The lowest BCUT2D eigenvalue weighted by molar-refractivity contribution is 0.217. The summed E-state index contributed by atoms with van der Waals surface area (Å²) in [5, 5.41) is 6.17. The predicted octanol–water partition coefficient (Wildman–Crippen LogP) is 1.62. The predicted molar refractivity (Wildman–Crippen MR) is 76.5 cm³/mol. The normalized spacial score (nSPS) is 11.8. The number of para-hydroxylation sites is 1. The van der Waals surface area contributed by atoms with Crippen LogP contribution >= 0.6 is 0 Å². The summed E-state index contributed by atoms with van der Waals surface area (Å²) in [5.41, 5.74) is 1.11. The lowest BCUT2D eigenvalue weighted by atomic mass is 10.1. The van der Waals surface area contributed by atoms with Gasteiger partial charge in [0, 0.05) is 38.8 Å². The Morgan fingerprint density at radius 1 is 1.32 bits per heavy atom. The molecule has 1 rings (SSSR count). The minimum Gasteiger partial charge on any atom is -0.496 e. The van der Waals surface area contributed by atoms with Gasteiger partial charge < -0.3 is 20.3 Å². The zero-order valence-electron chi connectivity index (χ0n) is 12.1. The van der Waals surface area contributed by atoms with Crippen molar-refractivity contribution in [2.75, 3.05) is 34.3 Å². The molecule has 1 unspecified atom stereocenters. The fraction of sp³-hybridized carbons (Fsp3) is 0.500. The molecule has 2 amide bonds. The summed E-state index contributed by atoms with van der Waals surface area (Å²) in [6, 6.07) is 8.02. The maximum absolute atomic E-state index is 11.3. The van der Waals surface area contributed by atoms with Gasteiger partial charge in [0.25, 0.3) is 0 Å². The summed E-state index contributed by atoms with van der Waals surface area (Å²) in [6.45, 7) is 3.38. The zero-order valence-corrected chi connectivity index (χ0v) is 12.1. The van der Waals surface area contributed by atoms with Gasteiger partial charge >= 0.3 is 6.03 Å². The van der Waals surface area contributed by atoms with Crippen LogP contribution in [0.2, 0.25) is 0 Å². The van der Waals surface area contributed by atoms with Crippen molar-refractivity contribution in [3.63, 3.8) is 0 Å². The summed E-state index contributed by atoms with van der Waals surface area (Å²) in [7, 11) is 5.11. The molecule has 0 aliphatic heterocycles. The van der Waals surface area contributed by atoms with Gasteiger partial charge in [-0.15, -0.1) is 0 Å². The molecule has 0 saturated carbocycles. The molecule has 0 radical (unpaired) electrons. The lowest BCUT2D eigenvalue weighted by Gasteiger charge is -2.18. The van der Waals surface area contributed by atoms with Crippen LogP contribution in [0.3, 0.4) is 0 Å². The van der Waals surface area contributed by atoms with Gasteiger partial charge in [-0.3, -0.25) is 0 Å². The van der Waals surface area contributed by atoms with E-state index in [4.69, 9.17) is 4.74 Å². The second-order valence-corrected chi connectivity index (χ2v) is 4.54. The topological polar surface area (TPSA) is 53.6 Å². The summed E-state index contributed by atoms with van der Waals surface area (Å²) in [6.07, 6.45) is 0. The van der Waals surface area contributed by atoms with Gasteiger partial charge in [0.05, 0.1) is 7.11 Å². The Morgan fingerprint density at radius 3 is 2.63 bits per heavy atom. The van der Waals surface area contributed by atoms with Crippen LogP contribution < -0.4 is 15.4 Å². The highest BCUT2D eigenvalue weighted by Gasteiger charge is 2.09. The number of carbonyl (C=O) groups is 1. The molecule has 0 fully saturated rings. The Labute approximate surface area is 114 Å². The Bertz CT molecular complexity index is 407. The van der Waals surface area contributed by atoms with E-state index in [0.29, 0.717) is 13.1 Å². The fourth-order valence-electron chi connectivity index (χ4n) is 1.75. The number of amides is 2. The number of nitrogens with one attached hydrogen (secondary N) is 2. The number of ether oxygens (including phenoxy) is 1. The average Bonchev–Trinajstić information content (AvgIpc) is 2.42. The van der Waals surface area contributed by atoms with Crippen LogP contribution in [0.25, 0.3) is 0 Å². The van der Waals surface area contributed by atoms with Crippen LogP contribution in [0.5, 0.6) is 5.75 Å². The van der Waals surface area contributed by atoms with Crippen molar-refractivity contribution in [1.82, 2.24) is 15.5 Å². The first-order valence-corrected chi connectivity index (χ1v) is 6.37. The van der Waals surface area contributed by atoms with Gasteiger partial charge in [-0.2, -0.15) is 0 Å². The highest BCUT2D eigenvalue weighted by molar-refractivity contribution is 5.73. The minimum atomic E-state index is -0.0771. The first-order valence-electron chi connectivity index (χ1n) is 6.37. The van der Waals surface area contributed by atoms with Crippen molar-refractivity contribution in [2.45, 2.75) is 13.0 Å². The molecule has 0 bridgehead atoms. The molecule has 106 valence electrons. The Hall–Kier alpha value is -1.75. The first kappa shape index (κ1) is 15.3. The maximum atomic E-state index is 11.3. The molecule has 0 saturated heterocycles. The third-order valence-corrected chi connectivity index (χ3v) is 2.86. The maximum Gasteiger partial charge on any atom is 0.316 e. The van der Waals surface area contributed by atoms with E-state index < -0.39 is 0 Å². The Balaban J connectivity index is 2.39. The van der Waals surface area contributed by atoms with Crippen molar-refractivity contribution in [3.05, 3.63) is 29.8 Å². The number of hydrogen-bond donors (Lipinski definition) is 2. The van der Waals surface area contributed by atoms with Gasteiger partial charge in [-0.25, -0.2) is 4.79 Å². The highest BCUT2D eigenvalue weighted by atomic mass is 16.5. The quantitative estimate of drug-likeness (QED) is 0.768. The van der Waals surface area contributed by atoms with Gasteiger partial charge in [0.2, 0.25) is 0 Å². The summed E-state index contributed by atoms with van der Waals surface area (Å²) in [5.74, 6) is 0.875. The van der Waals surface area contributed by atoms with Gasteiger partial charge in [-0.1, -0.05) is 18.2 Å². The van der Waals surface area contributed by atoms with E-state index in [1.54, 1.807) is 21.2 Å². The molecule has 0 aliphatic rings. The molecule has 0 heterocycles. The number of rotatable bonds is 6. The standard InChI is InChI=1S/C14H23N3O2/c1-11(12-7-5-6-8-13(12)19-4)15-9-10-16-14(18)17(2)3/h5-8,11,15H,9-10H2,1-4H3,(H,16,18). The molecule has 5 heteroatoms. The molecule has 19 heavy (non-hydrogen) atoms. The summed E-state index contributed by atoms with van der Waals surface area (Å²) < 4.78 is 5.33. The number of nitrogens with zero attached hydrogens (tertiary/aromatic N) is 1. The molecule has 0 aliphatic carbocycles. The molecule has 1 atom stereocenters. The van der Waals surface area contributed by atoms with Crippen LogP contribution in [-0.2, 0) is 0 Å².